The van der Waals surface area contributed by atoms with Gasteiger partial charge in [-0.15, -0.1) is 59.7 Å². The third-order valence-electron chi connectivity index (χ3n) is 12.9. The van der Waals surface area contributed by atoms with Crippen LogP contribution >= 0.6 is 0 Å². The number of imidazole rings is 1. The Bertz CT molecular complexity index is 2980. The van der Waals surface area contributed by atoms with Gasteiger partial charge in [0.15, 0.2) is 0 Å². The van der Waals surface area contributed by atoms with Crippen LogP contribution < -0.4 is 5.19 Å². The van der Waals surface area contributed by atoms with E-state index < -0.39 is 8.07 Å². The van der Waals surface area contributed by atoms with E-state index in [9.17, 15) is 0 Å². The Hall–Kier alpha value is -5.39. The molecule has 6 aromatic carbocycles. The molecule has 1 fully saturated rings. The predicted molar refractivity (Wildman–Crippen MR) is 268 cm³/mol. The first-order chi connectivity index (χ1) is 30.5. The number of aromatic nitrogens is 3. The van der Waals surface area contributed by atoms with Gasteiger partial charge in [0, 0.05) is 37.4 Å². The molecule has 6 heteroatoms. The van der Waals surface area contributed by atoms with E-state index in [0.717, 1.165) is 61.5 Å². The average Bonchev–Trinajstić information content (AvgIpc) is 3.88. The van der Waals surface area contributed by atoms with Crippen LogP contribution in [0.25, 0.3) is 72.4 Å². The monoisotopic (exact) mass is 1030 g/mol. The first kappa shape index (κ1) is 45.2. The molecule has 1 saturated carbocycles. The summed E-state index contributed by atoms with van der Waals surface area (Å²) in [6.45, 7) is 16.4. The molecule has 64 heavy (non-hydrogen) atoms. The van der Waals surface area contributed by atoms with Crippen LogP contribution in [0.15, 0.2) is 144 Å². The Morgan fingerprint density at radius 3 is 2.08 bits per heavy atom. The first-order valence-corrected chi connectivity index (χ1v) is 26.5. The molecule has 327 valence electrons. The molecule has 1 radical (unpaired) electrons. The number of nitrogens with zero attached hydrogens (tertiary/aromatic N) is 3. The third-order valence-corrected chi connectivity index (χ3v) is 14.9. The van der Waals surface area contributed by atoms with E-state index >= 15 is 0 Å². The van der Waals surface area contributed by atoms with E-state index in [-0.39, 0.29) is 20.1 Å². The van der Waals surface area contributed by atoms with E-state index in [1.165, 1.54) is 66.5 Å². The average molecular weight is 1030 g/mol. The summed E-state index contributed by atoms with van der Waals surface area (Å²) in [5.74, 6) is 2.39. The van der Waals surface area contributed by atoms with Gasteiger partial charge in [0.05, 0.1) is 30.5 Å². The number of furan rings is 1. The summed E-state index contributed by atoms with van der Waals surface area (Å²) in [6, 6.07) is 53.6. The maximum absolute atomic E-state index is 6.12. The van der Waals surface area contributed by atoms with Crippen LogP contribution in [0.3, 0.4) is 0 Å². The van der Waals surface area contributed by atoms with E-state index in [1.807, 2.05) is 30.3 Å². The van der Waals surface area contributed by atoms with Gasteiger partial charge in [-0.1, -0.05) is 157 Å². The Balaban J connectivity index is 0.000000199. The van der Waals surface area contributed by atoms with Gasteiger partial charge in [0.2, 0.25) is 0 Å². The smallest absolute Gasteiger partial charge is 0.120 e. The summed E-state index contributed by atoms with van der Waals surface area (Å²) < 4.78 is 8.48. The molecule has 10 rings (SSSR count). The van der Waals surface area contributed by atoms with Crippen LogP contribution in [0.5, 0.6) is 0 Å². The van der Waals surface area contributed by atoms with Crippen molar-refractivity contribution in [2.24, 2.45) is 5.92 Å². The van der Waals surface area contributed by atoms with Crippen molar-refractivity contribution >= 4 is 46.2 Å². The molecule has 0 N–H and O–H groups in total. The molecule has 0 spiro atoms. The third kappa shape index (κ3) is 9.38. The normalized spacial score (nSPS) is 13.4. The molecule has 3 heterocycles. The van der Waals surface area contributed by atoms with Crippen LogP contribution in [0.1, 0.15) is 88.3 Å². The van der Waals surface area contributed by atoms with Crippen LogP contribution in [0.4, 0.5) is 0 Å². The largest absolute Gasteiger partial charge is 0.500 e. The zero-order chi connectivity index (χ0) is 43.7. The maximum atomic E-state index is 6.12. The Morgan fingerprint density at radius 2 is 1.38 bits per heavy atom. The Morgan fingerprint density at radius 1 is 0.688 bits per heavy atom. The van der Waals surface area contributed by atoms with Crippen molar-refractivity contribution in [3.05, 3.63) is 168 Å². The zero-order valence-electron chi connectivity index (χ0n) is 38.3. The minimum absolute atomic E-state index is 0. The van der Waals surface area contributed by atoms with Crippen molar-refractivity contribution in [2.75, 3.05) is 0 Å². The molecule has 4 nitrogen and oxygen atoms in total. The Labute approximate surface area is 394 Å². The van der Waals surface area contributed by atoms with Crippen molar-refractivity contribution < 1.29 is 24.5 Å². The van der Waals surface area contributed by atoms with Crippen molar-refractivity contribution in [2.45, 2.75) is 97.7 Å². The molecule has 0 saturated heterocycles. The van der Waals surface area contributed by atoms with Gasteiger partial charge in [-0.2, -0.15) is 0 Å². The standard InChI is InChI=1S/C37H31N2O.C21H28NSi.Ir/c1-23(2)29-21-27(25-12-6-5-7-13-25)22-30(24(3)4)36(29)39-33-16-10-9-15-32(33)38-37(39)26-18-19-35-31(20-26)28-14-8-11-17-34(28)40-35;1-23(2,3)21-16-22-20(18-12-8-5-9-13-18)15-19(21)14-17-10-6-4-7-11-17;/h5-17,19-24H,1-4H3;5,8-9,12,15-17H,4,6-7,10-11,14H2,1-3H3;/q2*-1;. The molecular weight excluding hydrogens is 975 g/mol. The van der Waals surface area contributed by atoms with Crippen LogP contribution in [-0.4, -0.2) is 22.6 Å². The molecule has 3 aromatic heterocycles. The molecule has 1 aliphatic rings. The van der Waals surface area contributed by atoms with Gasteiger partial charge in [0.25, 0.3) is 0 Å². The van der Waals surface area contributed by atoms with Crippen LogP contribution in [0.2, 0.25) is 19.6 Å². The van der Waals surface area contributed by atoms with Gasteiger partial charge in [-0.3, -0.25) is 4.98 Å². The molecular formula is C58H59IrN3OSi-2. The van der Waals surface area contributed by atoms with Crippen LogP contribution in [-0.2, 0) is 26.5 Å². The molecule has 0 bridgehead atoms. The fourth-order valence-electron chi connectivity index (χ4n) is 9.59. The second kappa shape index (κ2) is 19.4. The van der Waals surface area contributed by atoms with Crippen LogP contribution in [0, 0.1) is 18.1 Å². The molecule has 0 aliphatic heterocycles. The zero-order valence-corrected chi connectivity index (χ0v) is 41.7. The minimum Gasteiger partial charge on any atom is -0.500 e. The van der Waals surface area contributed by atoms with E-state index in [1.54, 1.807) is 10.8 Å². The van der Waals surface area contributed by atoms with Crippen molar-refractivity contribution in [1.82, 2.24) is 14.5 Å². The number of hydrogen-bond acceptors (Lipinski definition) is 3. The molecule has 1 aliphatic carbocycles. The second-order valence-corrected chi connectivity index (χ2v) is 24.2. The van der Waals surface area contributed by atoms with Crippen molar-refractivity contribution in [1.29, 1.82) is 0 Å². The fourth-order valence-corrected chi connectivity index (χ4v) is 11.2. The molecule has 0 atom stereocenters. The summed E-state index contributed by atoms with van der Waals surface area (Å²) in [7, 11) is -1.36. The molecule has 0 amide bonds. The van der Waals surface area contributed by atoms with Gasteiger partial charge in [0.1, 0.15) is 5.58 Å². The number of rotatable bonds is 9. The van der Waals surface area contributed by atoms with E-state index in [4.69, 9.17) is 14.4 Å². The summed E-state index contributed by atoms with van der Waals surface area (Å²) in [5.41, 5.74) is 14.8. The summed E-state index contributed by atoms with van der Waals surface area (Å²) >= 11 is 0. The summed E-state index contributed by atoms with van der Waals surface area (Å²) in [4.78, 5) is 9.99. The molecule has 0 unspecified atom stereocenters. The number of pyridine rings is 1. The minimum atomic E-state index is -1.36. The molecule has 9 aromatic rings. The van der Waals surface area contributed by atoms with Crippen molar-refractivity contribution in [3.8, 4) is 39.5 Å². The Kier molecular flexibility index (Phi) is 13.7. The first-order valence-electron chi connectivity index (χ1n) is 23.0. The van der Waals surface area contributed by atoms with E-state index in [2.05, 4.69) is 173 Å². The maximum Gasteiger partial charge on any atom is 0.120 e. The van der Waals surface area contributed by atoms with Crippen molar-refractivity contribution in [3.63, 3.8) is 0 Å². The second-order valence-electron chi connectivity index (χ2n) is 19.1. The fraction of sp³-hybridized carbons (Fsp3) is 0.276. The number of para-hydroxylation sites is 3. The quantitative estimate of drug-likeness (QED) is 0.107. The van der Waals surface area contributed by atoms with E-state index in [0.29, 0.717) is 11.8 Å². The predicted octanol–water partition coefficient (Wildman–Crippen LogP) is 15.5. The van der Waals surface area contributed by atoms with Gasteiger partial charge >= 0.3 is 0 Å². The van der Waals surface area contributed by atoms with Gasteiger partial charge in [-0.05, 0) is 87.6 Å². The summed E-state index contributed by atoms with van der Waals surface area (Å²) in [5, 5.41) is 3.73. The number of benzene rings is 6. The van der Waals surface area contributed by atoms with Gasteiger partial charge in [-0.25, -0.2) is 0 Å². The SMILES string of the molecule is CC(C)c1cc(-c2ccccc2)cc(C(C)C)c1-n1c(-c2[c-]cc3oc4ccccc4c3c2)nc2ccccc21.C[Si](C)(C)c1cnc(-c2[c-]cccc2)cc1CC1CCCCC1.[Ir]. The summed E-state index contributed by atoms with van der Waals surface area (Å²) in [6.07, 6.45) is 10.5. The van der Waals surface area contributed by atoms with Gasteiger partial charge < -0.3 is 14.0 Å². The number of fused-ring (bicyclic) bond motifs is 4. The number of hydrogen-bond donors (Lipinski definition) is 0. The topological polar surface area (TPSA) is 43.9 Å².